The number of aliphatic hydroxyl groups is 1. The molecule has 1 amide bonds. The van der Waals surface area contributed by atoms with Crippen LogP contribution in [0.25, 0.3) is 5.76 Å². The summed E-state index contributed by atoms with van der Waals surface area (Å²) in [6.45, 7) is 1.85. The Balaban J connectivity index is 1.89. The normalized spacial score (nSPS) is 17.8. The standard InChI is InChI=1S/C23H18N2O6/c1-14-7-9-15(10-8-14)21(26)19-20(16-4-2-5-17(12-16)25(29)30)24(23(28)22(19)27)13-18-6-3-11-31-18/h2-12,20,26H,13H2,1H3/b21-19-. The second-order valence-electron chi connectivity index (χ2n) is 7.22. The van der Waals surface area contributed by atoms with Crippen LogP contribution in [-0.4, -0.2) is 26.6 Å². The van der Waals surface area contributed by atoms with E-state index >= 15 is 0 Å². The summed E-state index contributed by atoms with van der Waals surface area (Å²) in [6, 6.07) is 14.8. The molecule has 8 heteroatoms. The fourth-order valence-corrected chi connectivity index (χ4v) is 3.64. The molecule has 1 aliphatic heterocycles. The lowest BCUT2D eigenvalue weighted by molar-refractivity contribution is -0.384. The van der Waals surface area contributed by atoms with Crippen LogP contribution in [0.15, 0.2) is 76.9 Å². The molecule has 1 aliphatic rings. The molecule has 2 aromatic carbocycles. The maximum absolute atomic E-state index is 13.0. The molecule has 1 unspecified atom stereocenters. The van der Waals surface area contributed by atoms with Gasteiger partial charge in [0.05, 0.1) is 29.3 Å². The van der Waals surface area contributed by atoms with Crippen molar-refractivity contribution in [2.75, 3.05) is 0 Å². The number of nitrogens with zero attached hydrogens (tertiary/aromatic N) is 2. The molecule has 0 radical (unpaired) electrons. The summed E-state index contributed by atoms with van der Waals surface area (Å²) in [4.78, 5) is 37.8. The summed E-state index contributed by atoms with van der Waals surface area (Å²) in [5, 5.41) is 22.3. The average Bonchev–Trinajstić information content (AvgIpc) is 3.36. The summed E-state index contributed by atoms with van der Waals surface area (Å²) >= 11 is 0. The van der Waals surface area contributed by atoms with Crippen molar-refractivity contribution in [3.05, 3.63) is 105 Å². The lowest BCUT2D eigenvalue weighted by Gasteiger charge is -2.24. The van der Waals surface area contributed by atoms with Crippen molar-refractivity contribution in [1.82, 2.24) is 4.90 Å². The summed E-state index contributed by atoms with van der Waals surface area (Å²) in [6.07, 6.45) is 1.45. The smallest absolute Gasteiger partial charge is 0.296 e. The first-order valence-corrected chi connectivity index (χ1v) is 9.49. The Hall–Kier alpha value is -4.20. The molecule has 1 fully saturated rings. The number of ketones is 1. The van der Waals surface area contributed by atoms with Crippen LogP contribution in [0, 0.1) is 17.0 Å². The van der Waals surface area contributed by atoms with Gasteiger partial charge in [-0.15, -0.1) is 0 Å². The fourth-order valence-electron chi connectivity index (χ4n) is 3.64. The predicted octanol–water partition coefficient (Wildman–Crippen LogP) is 4.12. The molecule has 156 valence electrons. The van der Waals surface area contributed by atoms with Crippen LogP contribution in [0.1, 0.15) is 28.5 Å². The zero-order valence-electron chi connectivity index (χ0n) is 16.5. The number of carbonyl (C=O) groups is 2. The highest BCUT2D eigenvalue weighted by Gasteiger charge is 2.46. The molecule has 1 aromatic heterocycles. The minimum absolute atomic E-state index is 0.0321. The second-order valence-corrected chi connectivity index (χ2v) is 7.22. The van der Waals surface area contributed by atoms with Crippen LogP contribution in [-0.2, 0) is 16.1 Å². The highest BCUT2D eigenvalue weighted by atomic mass is 16.6. The van der Waals surface area contributed by atoms with Gasteiger partial charge in [-0.1, -0.05) is 42.0 Å². The van der Waals surface area contributed by atoms with Crippen LogP contribution in [0.5, 0.6) is 0 Å². The third-order valence-electron chi connectivity index (χ3n) is 5.17. The molecular formula is C23H18N2O6. The molecule has 8 nitrogen and oxygen atoms in total. The molecule has 0 saturated carbocycles. The number of aliphatic hydroxyl groups excluding tert-OH is 1. The number of hydrogen-bond donors (Lipinski definition) is 1. The number of hydrogen-bond acceptors (Lipinski definition) is 6. The molecular weight excluding hydrogens is 400 g/mol. The molecule has 1 saturated heterocycles. The number of rotatable bonds is 5. The minimum atomic E-state index is -1.01. The van der Waals surface area contributed by atoms with Crippen molar-refractivity contribution in [3.63, 3.8) is 0 Å². The van der Waals surface area contributed by atoms with E-state index in [0.29, 0.717) is 16.9 Å². The monoisotopic (exact) mass is 418 g/mol. The molecule has 0 bridgehead atoms. The van der Waals surface area contributed by atoms with Gasteiger partial charge < -0.3 is 14.4 Å². The van der Waals surface area contributed by atoms with E-state index in [1.54, 1.807) is 42.5 Å². The SMILES string of the molecule is Cc1ccc(/C(O)=C2/C(=O)C(=O)N(Cc3ccco3)C2c2cccc([N+](=O)[O-])c2)cc1. The second kappa shape index (κ2) is 7.91. The molecule has 4 rings (SSSR count). The van der Waals surface area contributed by atoms with Crippen LogP contribution in [0.2, 0.25) is 0 Å². The van der Waals surface area contributed by atoms with Gasteiger partial charge in [-0.3, -0.25) is 19.7 Å². The quantitative estimate of drug-likeness (QED) is 0.219. The molecule has 0 spiro atoms. The summed E-state index contributed by atoms with van der Waals surface area (Å²) in [7, 11) is 0. The van der Waals surface area contributed by atoms with Crippen LogP contribution in [0.3, 0.4) is 0 Å². The van der Waals surface area contributed by atoms with Gasteiger partial charge in [-0.25, -0.2) is 0 Å². The van der Waals surface area contributed by atoms with E-state index in [1.807, 2.05) is 6.92 Å². The number of carbonyl (C=O) groups excluding carboxylic acids is 2. The fraction of sp³-hybridized carbons (Fsp3) is 0.130. The van der Waals surface area contributed by atoms with E-state index in [-0.39, 0.29) is 23.6 Å². The Morgan fingerprint density at radius 3 is 2.52 bits per heavy atom. The van der Waals surface area contributed by atoms with E-state index in [9.17, 15) is 24.8 Å². The van der Waals surface area contributed by atoms with Crippen molar-refractivity contribution in [1.29, 1.82) is 0 Å². The zero-order chi connectivity index (χ0) is 22.1. The number of nitro groups is 1. The Bertz CT molecular complexity index is 1200. The number of amides is 1. The van der Waals surface area contributed by atoms with E-state index in [1.165, 1.54) is 29.4 Å². The lowest BCUT2D eigenvalue weighted by Crippen LogP contribution is -2.29. The number of benzene rings is 2. The number of likely N-dealkylation sites (tertiary alicyclic amines) is 1. The summed E-state index contributed by atoms with van der Waals surface area (Å²) in [5.41, 5.74) is 1.37. The number of furan rings is 1. The first-order chi connectivity index (χ1) is 14.9. The topological polar surface area (TPSA) is 114 Å². The molecule has 2 heterocycles. The Morgan fingerprint density at radius 2 is 1.87 bits per heavy atom. The van der Waals surface area contributed by atoms with Gasteiger partial charge in [0, 0.05) is 17.7 Å². The van der Waals surface area contributed by atoms with Crippen molar-refractivity contribution in [2.45, 2.75) is 19.5 Å². The van der Waals surface area contributed by atoms with Gasteiger partial charge in [0.15, 0.2) is 0 Å². The van der Waals surface area contributed by atoms with E-state index in [4.69, 9.17) is 4.42 Å². The number of nitro benzene ring substituents is 1. The van der Waals surface area contributed by atoms with Crippen LogP contribution in [0.4, 0.5) is 5.69 Å². The van der Waals surface area contributed by atoms with Crippen molar-refractivity contribution >= 4 is 23.1 Å². The number of Topliss-reactive ketones (excluding diaryl/α,β-unsaturated/α-hetero) is 1. The first-order valence-electron chi connectivity index (χ1n) is 9.49. The number of aryl methyl sites for hydroxylation is 1. The van der Waals surface area contributed by atoms with Crippen molar-refractivity contribution in [2.24, 2.45) is 0 Å². The molecule has 3 aromatic rings. The average molecular weight is 418 g/mol. The summed E-state index contributed by atoms with van der Waals surface area (Å²) in [5.74, 6) is -1.58. The molecule has 0 aliphatic carbocycles. The zero-order valence-corrected chi connectivity index (χ0v) is 16.5. The third-order valence-corrected chi connectivity index (χ3v) is 5.17. The predicted molar refractivity (Wildman–Crippen MR) is 111 cm³/mol. The van der Waals surface area contributed by atoms with Gasteiger partial charge in [-0.05, 0) is 24.6 Å². The highest BCUT2D eigenvalue weighted by molar-refractivity contribution is 6.46. The van der Waals surface area contributed by atoms with E-state index in [0.717, 1.165) is 5.56 Å². The Labute approximate surface area is 177 Å². The Morgan fingerprint density at radius 1 is 1.13 bits per heavy atom. The largest absolute Gasteiger partial charge is 0.507 e. The number of non-ortho nitro benzene ring substituents is 1. The summed E-state index contributed by atoms with van der Waals surface area (Å²) < 4.78 is 5.33. The first kappa shape index (κ1) is 20.1. The highest BCUT2D eigenvalue weighted by Crippen LogP contribution is 2.41. The van der Waals surface area contributed by atoms with E-state index in [2.05, 4.69) is 0 Å². The maximum Gasteiger partial charge on any atom is 0.296 e. The van der Waals surface area contributed by atoms with Gasteiger partial charge in [0.1, 0.15) is 11.5 Å². The van der Waals surface area contributed by atoms with E-state index < -0.39 is 22.7 Å². The van der Waals surface area contributed by atoms with Gasteiger partial charge in [-0.2, -0.15) is 0 Å². The van der Waals surface area contributed by atoms with Crippen molar-refractivity contribution < 1.29 is 24.0 Å². The minimum Gasteiger partial charge on any atom is -0.507 e. The van der Waals surface area contributed by atoms with Crippen molar-refractivity contribution in [3.8, 4) is 0 Å². The molecule has 1 atom stereocenters. The Kier molecular flexibility index (Phi) is 5.12. The van der Waals surface area contributed by atoms with Gasteiger partial charge in [0.2, 0.25) is 0 Å². The maximum atomic E-state index is 13.0. The van der Waals surface area contributed by atoms with Gasteiger partial charge in [0.25, 0.3) is 17.4 Å². The van der Waals surface area contributed by atoms with Crippen LogP contribution < -0.4 is 0 Å². The lowest BCUT2D eigenvalue weighted by atomic mass is 9.94. The molecule has 31 heavy (non-hydrogen) atoms. The third kappa shape index (κ3) is 3.71. The van der Waals surface area contributed by atoms with Crippen LogP contribution >= 0.6 is 0 Å². The van der Waals surface area contributed by atoms with Gasteiger partial charge >= 0.3 is 0 Å². The molecule has 1 N–H and O–H groups in total.